The monoisotopic (exact) mass is 392 g/mol. The molecule has 0 aliphatic heterocycles. The fourth-order valence-corrected chi connectivity index (χ4v) is 3.26. The van der Waals surface area contributed by atoms with Crippen molar-refractivity contribution in [1.29, 1.82) is 0 Å². The Morgan fingerprint density at radius 2 is 2.04 bits per heavy atom. The van der Waals surface area contributed by atoms with E-state index in [0.717, 1.165) is 6.07 Å². The van der Waals surface area contributed by atoms with Gasteiger partial charge in [0.1, 0.15) is 5.82 Å². The minimum absolute atomic E-state index is 0.0206. The smallest absolute Gasteiger partial charge is 0.240 e. The van der Waals surface area contributed by atoms with E-state index < -0.39 is 15.8 Å². The third-order valence-corrected chi connectivity index (χ3v) is 5.01. The summed E-state index contributed by atoms with van der Waals surface area (Å²) in [6, 6.07) is 8.66. The summed E-state index contributed by atoms with van der Waals surface area (Å²) in [6.07, 6.45) is 3.38. The zero-order valence-corrected chi connectivity index (χ0v) is 15.1. The van der Waals surface area contributed by atoms with Gasteiger partial charge in [0.15, 0.2) is 17.4 Å². The van der Waals surface area contributed by atoms with Crippen molar-refractivity contribution in [1.82, 2.24) is 24.7 Å². The number of aromatic nitrogens is 4. The zero-order chi connectivity index (χ0) is 19.3. The van der Waals surface area contributed by atoms with E-state index in [2.05, 4.69) is 25.3 Å². The van der Waals surface area contributed by atoms with Gasteiger partial charge in [-0.15, -0.1) is 10.2 Å². The summed E-state index contributed by atoms with van der Waals surface area (Å²) in [5.41, 5.74) is 0. The van der Waals surface area contributed by atoms with E-state index in [-0.39, 0.29) is 23.7 Å². The summed E-state index contributed by atoms with van der Waals surface area (Å²) in [5, 5.41) is 15.0. The van der Waals surface area contributed by atoms with Gasteiger partial charge in [-0.05, 0) is 36.4 Å². The second-order valence-electron chi connectivity index (χ2n) is 5.35. The van der Waals surface area contributed by atoms with Crippen LogP contribution in [0.2, 0.25) is 0 Å². The number of benzene rings is 1. The Morgan fingerprint density at radius 1 is 1.19 bits per heavy atom. The molecule has 2 aromatic heterocycles. The number of ether oxygens (including phenoxy) is 1. The Bertz CT molecular complexity index is 994. The van der Waals surface area contributed by atoms with Crippen LogP contribution in [0.15, 0.2) is 53.7 Å². The molecule has 1 aromatic carbocycles. The van der Waals surface area contributed by atoms with Crippen LogP contribution in [0.1, 0.15) is 0 Å². The van der Waals surface area contributed by atoms with E-state index >= 15 is 0 Å². The van der Waals surface area contributed by atoms with E-state index in [1.807, 2.05) is 0 Å². The van der Waals surface area contributed by atoms with Crippen LogP contribution >= 0.6 is 0 Å². The Balaban J connectivity index is 1.52. The first-order chi connectivity index (χ1) is 13.0. The van der Waals surface area contributed by atoms with Crippen LogP contribution in [0.25, 0.3) is 5.82 Å². The Hall–Kier alpha value is -3.05. The number of halogens is 1. The molecule has 142 valence electrons. The number of sulfonamides is 1. The number of nitrogens with one attached hydrogen (secondary N) is 2. The van der Waals surface area contributed by atoms with Crippen LogP contribution in [-0.4, -0.2) is 48.6 Å². The lowest BCUT2D eigenvalue weighted by atomic mass is 10.3. The van der Waals surface area contributed by atoms with Crippen molar-refractivity contribution in [3.05, 3.63) is 54.6 Å². The van der Waals surface area contributed by atoms with E-state index in [4.69, 9.17) is 4.74 Å². The van der Waals surface area contributed by atoms with Crippen molar-refractivity contribution in [2.24, 2.45) is 0 Å². The SMILES string of the molecule is COc1ccc(S(=O)(=O)NCCNc2ccc(-n3cccn3)nn2)cc1F. The minimum Gasteiger partial charge on any atom is -0.494 e. The van der Waals surface area contributed by atoms with Gasteiger partial charge >= 0.3 is 0 Å². The number of hydrogen-bond donors (Lipinski definition) is 2. The number of methoxy groups -OCH3 is 1. The van der Waals surface area contributed by atoms with Gasteiger partial charge in [0.2, 0.25) is 10.0 Å². The molecule has 0 radical (unpaired) electrons. The molecule has 3 rings (SSSR count). The van der Waals surface area contributed by atoms with Crippen LogP contribution in [0, 0.1) is 5.82 Å². The molecule has 2 N–H and O–H groups in total. The number of rotatable bonds is 8. The number of nitrogens with zero attached hydrogens (tertiary/aromatic N) is 4. The molecular weight excluding hydrogens is 375 g/mol. The fourth-order valence-electron chi connectivity index (χ4n) is 2.22. The summed E-state index contributed by atoms with van der Waals surface area (Å²) in [4.78, 5) is -0.177. The zero-order valence-electron chi connectivity index (χ0n) is 14.3. The molecule has 9 nitrogen and oxygen atoms in total. The molecule has 0 fully saturated rings. The van der Waals surface area contributed by atoms with Crippen LogP contribution in [0.5, 0.6) is 5.75 Å². The third kappa shape index (κ3) is 4.57. The molecule has 0 aliphatic carbocycles. The lowest BCUT2D eigenvalue weighted by molar-refractivity contribution is 0.385. The standard InChI is InChI=1S/C16H17FN6O3S/c1-26-14-4-3-12(11-13(14)17)27(24,25)20-9-8-18-15-5-6-16(22-21-15)23-10-2-7-19-23/h2-7,10-11,20H,8-9H2,1H3,(H,18,21). The quantitative estimate of drug-likeness (QED) is 0.554. The summed E-state index contributed by atoms with van der Waals surface area (Å²) < 4.78 is 46.8. The van der Waals surface area contributed by atoms with Gasteiger partial charge in [0.05, 0.1) is 12.0 Å². The van der Waals surface area contributed by atoms with Crippen molar-refractivity contribution in [2.75, 3.05) is 25.5 Å². The molecule has 0 spiro atoms. The van der Waals surface area contributed by atoms with Crippen molar-refractivity contribution >= 4 is 15.8 Å². The van der Waals surface area contributed by atoms with Crippen LogP contribution < -0.4 is 14.8 Å². The van der Waals surface area contributed by atoms with E-state index in [1.54, 1.807) is 35.3 Å². The van der Waals surface area contributed by atoms with Gasteiger partial charge in [-0.25, -0.2) is 22.2 Å². The highest BCUT2D eigenvalue weighted by Gasteiger charge is 2.16. The van der Waals surface area contributed by atoms with Crippen LogP contribution in [0.3, 0.4) is 0 Å². The molecule has 0 atom stereocenters. The molecule has 3 aromatic rings. The second-order valence-corrected chi connectivity index (χ2v) is 7.12. The molecule has 0 saturated heterocycles. The van der Waals surface area contributed by atoms with Crippen LogP contribution in [0.4, 0.5) is 10.2 Å². The third-order valence-electron chi connectivity index (χ3n) is 3.55. The predicted octanol–water partition coefficient (Wildman–Crippen LogP) is 1.20. The lowest BCUT2D eigenvalue weighted by Gasteiger charge is -2.09. The molecule has 11 heteroatoms. The summed E-state index contributed by atoms with van der Waals surface area (Å²) >= 11 is 0. The summed E-state index contributed by atoms with van der Waals surface area (Å²) in [6.45, 7) is 0.353. The molecule has 0 aliphatic rings. The fraction of sp³-hybridized carbons (Fsp3) is 0.188. The highest BCUT2D eigenvalue weighted by molar-refractivity contribution is 7.89. The van der Waals surface area contributed by atoms with Gasteiger partial charge in [0.25, 0.3) is 0 Å². The maximum absolute atomic E-state index is 13.7. The topological polar surface area (TPSA) is 111 Å². The Kier molecular flexibility index (Phi) is 5.62. The second kappa shape index (κ2) is 8.10. The first-order valence-corrected chi connectivity index (χ1v) is 9.39. The van der Waals surface area contributed by atoms with Crippen molar-refractivity contribution < 1.29 is 17.5 Å². The Labute approximate surface area is 155 Å². The van der Waals surface area contributed by atoms with Gasteiger partial charge in [-0.2, -0.15) is 5.10 Å². The number of hydrogen-bond acceptors (Lipinski definition) is 7. The molecule has 27 heavy (non-hydrogen) atoms. The largest absolute Gasteiger partial charge is 0.494 e. The van der Waals surface area contributed by atoms with E-state index in [1.165, 1.54) is 19.2 Å². The summed E-state index contributed by atoms with van der Waals surface area (Å²) in [7, 11) is -2.53. The maximum Gasteiger partial charge on any atom is 0.240 e. The first-order valence-electron chi connectivity index (χ1n) is 7.90. The normalized spacial score (nSPS) is 11.3. The first kappa shape index (κ1) is 18.7. The number of anilines is 1. The van der Waals surface area contributed by atoms with Gasteiger partial charge < -0.3 is 10.1 Å². The van der Waals surface area contributed by atoms with Crippen LogP contribution in [-0.2, 0) is 10.0 Å². The average Bonchev–Trinajstić information content (AvgIpc) is 3.20. The van der Waals surface area contributed by atoms with Crippen molar-refractivity contribution in [2.45, 2.75) is 4.90 Å². The highest BCUT2D eigenvalue weighted by atomic mass is 32.2. The van der Waals surface area contributed by atoms with Gasteiger partial charge in [-0.3, -0.25) is 0 Å². The van der Waals surface area contributed by atoms with Gasteiger partial charge in [0, 0.05) is 25.5 Å². The predicted molar refractivity (Wildman–Crippen MR) is 95.8 cm³/mol. The van der Waals surface area contributed by atoms with Gasteiger partial charge in [-0.1, -0.05) is 0 Å². The molecule has 0 amide bonds. The molecule has 0 unspecified atom stereocenters. The minimum atomic E-state index is -3.83. The molecular formula is C16H17FN6O3S. The van der Waals surface area contributed by atoms with E-state index in [0.29, 0.717) is 11.6 Å². The van der Waals surface area contributed by atoms with Crippen molar-refractivity contribution in [3.8, 4) is 11.6 Å². The highest BCUT2D eigenvalue weighted by Crippen LogP contribution is 2.20. The summed E-state index contributed by atoms with van der Waals surface area (Å²) in [5.74, 6) is 0.284. The lowest BCUT2D eigenvalue weighted by Crippen LogP contribution is -2.29. The average molecular weight is 392 g/mol. The molecule has 0 saturated carbocycles. The molecule has 0 bridgehead atoms. The molecule has 2 heterocycles. The maximum atomic E-state index is 13.7. The van der Waals surface area contributed by atoms with E-state index in [9.17, 15) is 12.8 Å². The Morgan fingerprint density at radius 3 is 2.67 bits per heavy atom. The van der Waals surface area contributed by atoms with Crippen molar-refractivity contribution in [3.63, 3.8) is 0 Å².